The summed E-state index contributed by atoms with van der Waals surface area (Å²) < 4.78 is 104. The van der Waals surface area contributed by atoms with Crippen LogP contribution in [0.25, 0.3) is 0 Å². The molecule has 0 unspecified atom stereocenters. The zero-order valence-electron chi connectivity index (χ0n) is 21.0. The number of hydrogen-bond acceptors (Lipinski definition) is 4. The minimum atomic E-state index is -4.47. The van der Waals surface area contributed by atoms with Gasteiger partial charge in [0.1, 0.15) is 6.04 Å². The van der Waals surface area contributed by atoms with Crippen molar-refractivity contribution in [3.8, 4) is 0 Å². The number of carbonyl (C=O) groups is 2. The van der Waals surface area contributed by atoms with Crippen LogP contribution >= 0.6 is 0 Å². The molecule has 3 fully saturated rings. The maximum atomic E-state index is 13.3. The maximum Gasteiger partial charge on any atom is 0.416 e. The van der Waals surface area contributed by atoms with E-state index in [9.17, 15) is 44.3 Å². The molecule has 2 amide bonds. The van der Waals surface area contributed by atoms with Gasteiger partial charge in [-0.15, -0.1) is 0 Å². The molecule has 0 bridgehead atoms. The molecule has 0 aliphatic carbocycles. The average molecular weight is 585 g/mol. The summed E-state index contributed by atoms with van der Waals surface area (Å²) in [6.45, 7) is -0.0993. The van der Waals surface area contributed by atoms with Crippen molar-refractivity contribution in [1.29, 1.82) is 0 Å². The van der Waals surface area contributed by atoms with E-state index in [2.05, 4.69) is 5.32 Å². The van der Waals surface area contributed by atoms with Gasteiger partial charge in [-0.25, -0.2) is 0 Å². The molecule has 1 aromatic rings. The van der Waals surface area contributed by atoms with E-state index in [0.717, 1.165) is 20.7 Å². The highest BCUT2D eigenvalue weighted by atomic mass is 32.2. The molecule has 0 radical (unpaired) electrons. The van der Waals surface area contributed by atoms with E-state index in [-0.39, 0.29) is 38.6 Å². The second-order valence-corrected chi connectivity index (χ2v) is 12.2. The van der Waals surface area contributed by atoms with E-state index in [1.54, 1.807) is 0 Å². The molecule has 3 heterocycles. The van der Waals surface area contributed by atoms with Crippen LogP contribution in [0.15, 0.2) is 24.3 Å². The van der Waals surface area contributed by atoms with Crippen LogP contribution in [0.4, 0.5) is 26.3 Å². The van der Waals surface area contributed by atoms with Crippen molar-refractivity contribution in [2.24, 2.45) is 11.8 Å². The smallest absolute Gasteiger partial charge is 0.350 e. The normalized spacial score (nSPS) is 24.0. The summed E-state index contributed by atoms with van der Waals surface area (Å²) in [6.07, 6.45) is -8.10. The lowest BCUT2D eigenvalue weighted by Gasteiger charge is -2.43. The number of halogens is 6. The van der Waals surface area contributed by atoms with E-state index in [1.165, 1.54) is 17.0 Å². The van der Waals surface area contributed by atoms with E-state index < -0.39 is 58.3 Å². The van der Waals surface area contributed by atoms with E-state index in [1.807, 2.05) is 0 Å². The summed E-state index contributed by atoms with van der Waals surface area (Å²) in [5, 5.41) is 2.66. The summed E-state index contributed by atoms with van der Waals surface area (Å²) in [5.74, 6) is -2.28. The lowest BCUT2D eigenvalue weighted by Crippen LogP contribution is -2.58. The first kappa shape index (κ1) is 29.6. The first-order chi connectivity index (χ1) is 18.1. The lowest BCUT2D eigenvalue weighted by atomic mass is 9.97. The van der Waals surface area contributed by atoms with Crippen LogP contribution < -0.4 is 5.32 Å². The Morgan fingerprint density at radius 1 is 0.897 bits per heavy atom. The number of nitrogens with zero attached hydrogens (tertiary/aromatic N) is 3. The van der Waals surface area contributed by atoms with Crippen molar-refractivity contribution < 1.29 is 44.3 Å². The molecule has 8 nitrogen and oxygen atoms in total. The van der Waals surface area contributed by atoms with Crippen LogP contribution in [0.1, 0.15) is 43.2 Å². The van der Waals surface area contributed by atoms with Gasteiger partial charge >= 0.3 is 12.4 Å². The Labute approximate surface area is 222 Å². The Hall–Kier alpha value is -2.39. The molecule has 3 saturated heterocycles. The molecule has 2 atom stereocenters. The van der Waals surface area contributed by atoms with Gasteiger partial charge in [0.2, 0.25) is 11.8 Å². The van der Waals surface area contributed by atoms with Crippen molar-refractivity contribution >= 4 is 22.0 Å². The monoisotopic (exact) mass is 584 g/mol. The molecular formula is C24H30F6N4O4S. The van der Waals surface area contributed by atoms with Crippen molar-refractivity contribution in [2.75, 3.05) is 32.7 Å². The fourth-order valence-corrected chi connectivity index (χ4v) is 7.19. The van der Waals surface area contributed by atoms with Gasteiger partial charge in [-0.05, 0) is 49.3 Å². The Kier molecular flexibility index (Phi) is 8.53. The molecule has 3 aliphatic rings. The first-order valence-corrected chi connectivity index (χ1v) is 14.1. The molecule has 15 heteroatoms. The van der Waals surface area contributed by atoms with E-state index in [4.69, 9.17) is 0 Å². The topological polar surface area (TPSA) is 90.0 Å². The number of alkyl halides is 6. The summed E-state index contributed by atoms with van der Waals surface area (Å²) in [7, 11) is -4.01. The van der Waals surface area contributed by atoms with Gasteiger partial charge in [0, 0.05) is 45.7 Å². The van der Waals surface area contributed by atoms with Gasteiger partial charge in [0.15, 0.2) is 0 Å². The average Bonchev–Trinajstić information content (AvgIpc) is 3.33. The molecule has 3 aliphatic heterocycles. The van der Waals surface area contributed by atoms with Crippen LogP contribution in [0.3, 0.4) is 0 Å². The van der Waals surface area contributed by atoms with E-state index in [0.29, 0.717) is 37.8 Å². The Balaban J connectivity index is 1.32. The molecule has 4 rings (SSSR count). The summed E-state index contributed by atoms with van der Waals surface area (Å²) in [6, 6.07) is 3.60. The summed E-state index contributed by atoms with van der Waals surface area (Å²) in [5.41, 5.74) is -0.340. The molecule has 0 aromatic heterocycles. The van der Waals surface area contributed by atoms with Gasteiger partial charge in [-0.2, -0.15) is 43.4 Å². The number of likely N-dealkylation sites (tertiary alicyclic amines) is 1. The zero-order chi connectivity index (χ0) is 28.6. The number of hydrogen-bond donors (Lipinski definition) is 1. The van der Waals surface area contributed by atoms with Gasteiger partial charge < -0.3 is 10.2 Å². The Bertz CT molecular complexity index is 1150. The number of benzene rings is 1. The highest BCUT2D eigenvalue weighted by molar-refractivity contribution is 7.86. The van der Waals surface area contributed by atoms with Gasteiger partial charge in [-0.1, -0.05) is 12.1 Å². The van der Waals surface area contributed by atoms with Crippen LogP contribution in [0.5, 0.6) is 0 Å². The van der Waals surface area contributed by atoms with Crippen LogP contribution in [-0.4, -0.2) is 78.7 Å². The molecule has 1 aromatic carbocycles. The largest absolute Gasteiger partial charge is 0.416 e. The Morgan fingerprint density at radius 2 is 1.54 bits per heavy atom. The Morgan fingerprint density at radius 3 is 2.15 bits per heavy atom. The van der Waals surface area contributed by atoms with Crippen LogP contribution in [-0.2, 0) is 32.5 Å². The maximum absolute atomic E-state index is 13.3. The second-order valence-electron chi connectivity index (χ2n) is 10.3. The van der Waals surface area contributed by atoms with Crippen molar-refractivity contribution in [1.82, 2.24) is 18.8 Å². The SMILES string of the molecule is O=C(NCc1ccc(C(F)(F)F)cc1)[C@H]1CCCN1C(=O)[C@H]1CCCN(S(=O)(=O)N2CC(CC(F)(F)F)C2)C1. The van der Waals surface area contributed by atoms with Crippen LogP contribution in [0.2, 0.25) is 0 Å². The number of nitrogens with one attached hydrogen (secondary N) is 1. The second kappa shape index (κ2) is 11.2. The van der Waals surface area contributed by atoms with Crippen molar-refractivity contribution in [2.45, 2.75) is 57.0 Å². The quantitative estimate of drug-likeness (QED) is 0.499. The van der Waals surface area contributed by atoms with E-state index >= 15 is 0 Å². The van der Waals surface area contributed by atoms with Gasteiger partial charge in [-0.3, -0.25) is 9.59 Å². The first-order valence-electron chi connectivity index (χ1n) is 12.7. The zero-order valence-corrected chi connectivity index (χ0v) is 21.8. The highest BCUT2D eigenvalue weighted by Crippen LogP contribution is 2.34. The third kappa shape index (κ3) is 7.04. The molecule has 0 spiro atoms. The summed E-state index contributed by atoms with van der Waals surface area (Å²) >= 11 is 0. The third-order valence-electron chi connectivity index (χ3n) is 7.42. The standard InChI is InChI=1S/C24H30F6N4O4S/c25-23(26,27)11-17-13-33(14-17)39(37,38)32-9-1-3-18(15-32)22(36)34-10-2-4-20(34)21(35)31-12-16-5-7-19(8-6-16)24(28,29)30/h5-8,17-18,20H,1-4,9-15H2,(H,31,35)/t18-,20+/m0/s1. The fourth-order valence-electron chi connectivity index (χ4n) is 5.34. The predicted molar refractivity (Wildman–Crippen MR) is 127 cm³/mol. The third-order valence-corrected chi connectivity index (χ3v) is 9.35. The van der Waals surface area contributed by atoms with Gasteiger partial charge in [0.25, 0.3) is 10.2 Å². The predicted octanol–water partition coefficient (Wildman–Crippen LogP) is 3.15. The lowest BCUT2D eigenvalue weighted by molar-refractivity contribution is -0.152. The minimum absolute atomic E-state index is 0.0177. The molecule has 218 valence electrons. The molecule has 1 N–H and O–H groups in total. The fraction of sp³-hybridized carbons (Fsp3) is 0.667. The summed E-state index contributed by atoms with van der Waals surface area (Å²) in [4.78, 5) is 27.6. The highest BCUT2D eigenvalue weighted by Gasteiger charge is 2.46. The number of rotatable bonds is 7. The van der Waals surface area contributed by atoms with Crippen molar-refractivity contribution in [3.63, 3.8) is 0 Å². The van der Waals surface area contributed by atoms with Crippen molar-refractivity contribution in [3.05, 3.63) is 35.4 Å². The number of carbonyl (C=O) groups excluding carboxylic acids is 2. The van der Waals surface area contributed by atoms with Gasteiger partial charge in [0.05, 0.1) is 11.5 Å². The minimum Gasteiger partial charge on any atom is -0.350 e. The molecule has 39 heavy (non-hydrogen) atoms. The molecule has 0 saturated carbocycles. The van der Waals surface area contributed by atoms with Crippen LogP contribution in [0, 0.1) is 11.8 Å². The number of piperidine rings is 1. The molecular weight excluding hydrogens is 554 g/mol. The number of amides is 2.